The Hall–Kier alpha value is -0.390. The van der Waals surface area contributed by atoms with Crippen LogP contribution >= 0.6 is 36.4 Å². The highest BCUT2D eigenvalue weighted by Crippen LogP contribution is 2.31. The predicted octanol–water partition coefficient (Wildman–Crippen LogP) is 3.41. The van der Waals surface area contributed by atoms with E-state index in [2.05, 4.69) is 39.5 Å². The Bertz CT molecular complexity index is 501. The summed E-state index contributed by atoms with van der Waals surface area (Å²) < 4.78 is 0. The van der Waals surface area contributed by atoms with Gasteiger partial charge in [-0.15, -0.1) is 24.8 Å². The molecular formula is C17H29Cl3N4. The van der Waals surface area contributed by atoms with Crippen LogP contribution in [-0.2, 0) is 0 Å². The second-order valence-electron chi connectivity index (χ2n) is 6.31. The molecule has 0 bridgehead atoms. The number of halogens is 3. The molecule has 2 N–H and O–H groups in total. The van der Waals surface area contributed by atoms with Crippen LogP contribution in [0.5, 0.6) is 0 Å². The van der Waals surface area contributed by atoms with Gasteiger partial charge in [0.2, 0.25) is 0 Å². The fourth-order valence-corrected chi connectivity index (χ4v) is 3.65. The quantitative estimate of drug-likeness (QED) is 0.800. The standard InChI is InChI=1S/C17H27ClN4.2ClH/c1-14-16(20-6-9-21-7-2-3-8-21)12-15(18)13-17(14)22-10-4-19-5-11-22;;/h12-13,19-20H,2-11H2,1H3;2*1H. The van der Waals surface area contributed by atoms with E-state index in [9.17, 15) is 0 Å². The van der Waals surface area contributed by atoms with E-state index in [0.717, 1.165) is 44.3 Å². The van der Waals surface area contributed by atoms with Crippen LogP contribution in [0, 0.1) is 6.92 Å². The van der Waals surface area contributed by atoms with Gasteiger partial charge >= 0.3 is 0 Å². The number of nitrogens with one attached hydrogen (secondary N) is 2. The average molecular weight is 396 g/mol. The first-order chi connectivity index (χ1) is 10.7. The fraction of sp³-hybridized carbons (Fsp3) is 0.647. The van der Waals surface area contributed by atoms with Crippen LogP contribution in [-0.4, -0.2) is 57.3 Å². The normalized spacial score (nSPS) is 18.0. The lowest BCUT2D eigenvalue weighted by Crippen LogP contribution is -2.43. The summed E-state index contributed by atoms with van der Waals surface area (Å²) in [6.07, 6.45) is 2.70. The van der Waals surface area contributed by atoms with Gasteiger partial charge < -0.3 is 20.4 Å². The molecule has 1 aromatic carbocycles. The van der Waals surface area contributed by atoms with Gasteiger partial charge in [0.05, 0.1) is 0 Å². The van der Waals surface area contributed by atoms with Crippen molar-refractivity contribution in [3.63, 3.8) is 0 Å². The van der Waals surface area contributed by atoms with E-state index < -0.39 is 0 Å². The SMILES string of the molecule is Cc1c(NCCN2CCCC2)cc(Cl)cc1N1CCNCC1.Cl.Cl. The van der Waals surface area contributed by atoms with E-state index in [-0.39, 0.29) is 24.8 Å². The molecule has 7 heteroatoms. The van der Waals surface area contributed by atoms with Crippen molar-refractivity contribution < 1.29 is 0 Å². The van der Waals surface area contributed by atoms with Crippen LogP contribution in [0.3, 0.4) is 0 Å². The van der Waals surface area contributed by atoms with E-state index in [0.29, 0.717) is 0 Å². The summed E-state index contributed by atoms with van der Waals surface area (Å²) in [6.45, 7) is 11.0. The molecule has 0 atom stereocenters. The minimum absolute atomic E-state index is 0. The molecule has 138 valence electrons. The average Bonchev–Trinajstić information content (AvgIpc) is 3.04. The highest BCUT2D eigenvalue weighted by atomic mass is 35.5. The lowest BCUT2D eigenvalue weighted by atomic mass is 10.1. The third-order valence-corrected chi connectivity index (χ3v) is 4.96. The summed E-state index contributed by atoms with van der Waals surface area (Å²) in [7, 11) is 0. The molecule has 3 rings (SSSR count). The van der Waals surface area contributed by atoms with Gasteiger partial charge in [-0.2, -0.15) is 0 Å². The number of likely N-dealkylation sites (tertiary alicyclic amines) is 1. The Morgan fingerprint density at radius 2 is 1.75 bits per heavy atom. The predicted molar refractivity (Wildman–Crippen MR) is 110 cm³/mol. The maximum absolute atomic E-state index is 6.35. The van der Waals surface area contributed by atoms with Crippen molar-refractivity contribution in [2.75, 3.05) is 62.6 Å². The van der Waals surface area contributed by atoms with Gasteiger partial charge in [0.15, 0.2) is 0 Å². The topological polar surface area (TPSA) is 30.5 Å². The molecule has 24 heavy (non-hydrogen) atoms. The first-order valence-corrected chi connectivity index (χ1v) is 8.84. The summed E-state index contributed by atoms with van der Waals surface area (Å²) in [5.74, 6) is 0. The molecule has 0 aliphatic carbocycles. The van der Waals surface area contributed by atoms with Gasteiger partial charge in [-0.25, -0.2) is 0 Å². The van der Waals surface area contributed by atoms with E-state index >= 15 is 0 Å². The van der Waals surface area contributed by atoms with Gasteiger partial charge in [-0.1, -0.05) is 11.6 Å². The molecule has 0 spiro atoms. The number of hydrogen-bond acceptors (Lipinski definition) is 4. The van der Waals surface area contributed by atoms with Gasteiger partial charge in [-0.3, -0.25) is 0 Å². The van der Waals surface area contributed by atoms with Gasteiger partial charge in [0.1, 0.15) is 0 Å². The number of hydrogen-bond donors (Lipinski definition) is 2. The maximum atomic E-state index is 6.35. The van der Waals surface area contributed by atoms with E-state index in [4.69, 9.17) is 11.6 Å². The van der Waals surface area contributed by atoms with Crippen molar-refractivity contribution in [3.8, 4) is 0 Å². The zero-order chi connectivity index (χ0) is 15.4. The summed E-state index contributed by atoms with van der Waals surface area (Å²) in [5.41, 5.74) is 3.77. The molecule has 2 aliphatic rings. The first kappa shape index (κ1) is 21.7. The Morgan fingerprint density at radius 1 is 1.08 bits per heavy atom. The lowest BCUT2D eigenvalue weighted by molar-refractivity contribution is 0.352. The largest absolute Gasteiger partial charge is 0.383 e. The van der Waals surface area contributed by atoms with Gasteiger partial charge in [-0.05, 0) is 50.6 Å². The fourth-order valence-electron chi connectivity index (χ4n) is 3.44. The Labute approximate surface area is 163 Å². The summed E-state index contributed by atoms with van der Waals surface area (Å²) in [6, 6.07) is 4.17. The number of anilines is 2. The third kappa shape index (κ3) is 5.57. The van der Waals surface area contributed by atoms with Gasteiger partial charge in [0.25, 0.3) is 0 Å². The zero-order valence-corrected chi connectivity index (χ0v) is 16.7. The molecule has 4 nitrogen and oxygen atoms in total. The summed E-state index contributed by atoms with van der Waals surface area (Å²) in [4.78, 5) is 4.97. The second kappa shape index (κ2) is 10.6. The molecule has 0 radical (unpaired) electrons. The molecular weight excluding hydrogens is 367 g/mol. The van der Waals surface area contributed by atoms with Crippen LogP contribution in [0.4, 0.5) is 11.4 Å². The van der Waals surface area contributed by atoms with Crippen LogP contribution in [0.25, 0.3) is 0 Å². The van der Waals surface area contributed by atoms with Crippen molar-refractivity contribution in [1.82, 2.24) is 10.2 Å². The second-order valence-corrected chi connectivity index (χ2v) is 6.75. The molecule has 0 aromatic heterocycles. The summed E-state index contributed by atoms with van der Waals surface area (Å²) in [5, 5.41) is 7.82. The van der Waals surface area contributed by atoms with Crippen LogP contribution in [0.1, 0.15) is 18.4 Å². The number of benzene rings is 1. The van der Waals surface area contributed by atoms with Crippen molar-refractivity contribution >= 4 is 47.8 Å². The van der Waals surface area contributed by atoms with Crippen molar-refractivity contribution in [1.29, 1.82) is 0 Å². The van der Waals surface area contributed by atoms with E-state index in [1.165, 1.54) is 42.9 Å². The van der Waals surface area contributed by atoms with Crippen LogP contribution in [0.15, 0.2) is 12.1 Å². The van der Waals surface area contributed by atoms with Crippen LogP contribution < -0.4 is 15.5 Å². The molecule has 2 aliphatic heterocycles. The number of rotatable bonds is 5. The Kier molecular flexibility index (Phi) is 9.53. The van der Waals surface area contributed by atoms with E-state index in [1.807, 2.05) is 0 Å². The molecule has 1 aromatic rings. The van der Waals surface area contributed by atoms with Crippen LogP contribution in [0.2, 0.25) is 5.02 Å². The van der Waals surface area contributed by atoms with Crippen molar-refractivity contribution in [3.05, 3.63) is 22.7 Å². The molecule has 0 saturated carbocycles. The number of nitrogens with zero attached hydrogens (tertiary/aromatic N) is 2. The first-order valence-electron chi connectivity index (χ1n) is 8.46. The molecule has 0 unspecified atom stereocenters. The minimum atomic E-state index is 0. The smallest absolute Gasteiger partial charge is 0.0447 e. The molecule has 2 fully saturated rings. The highest BCUT2D eigenvalue weighted by molar-refractivity contribution is 6.31. The Morgan fingerprint density at radius 3 is 2.42 bits per heavy atom. The minimum Gasteiger partial charge on any atom is -0.383 e. The summed E-state index contributed by atoms with van der Waals surface area (Å²) >= 11 is 6.35. The lowest BCUT2D eigenvalue weighted by Gasteiger charge is -2.31. The zero-order valence-electron chi connectivity index (χ0n) is 14.3. The molecule has 2 saturated heterocycles. The Balaban J connectivity index is 0.00000144. The van der Waals surface area contributed by atoms with E-state index in [1.54, 1.807) is 0 Å². The third-order valence-electron chi connectivity index (χ3n) is 4.74. The molecule has 0 amide bonds. The van der Waals surface area contributed by atoms with Gasteiger partial charge in [0, 0.05) is 55.7 Å². The van der Waals surface area contributed by atoms with Crippen molar-refractivity contribution in [2.45, 2.75) is 19.8 Å². The highest BCUT2D eigenvalue weighted by Gasteiger charge is 2.16. The molecule has 2 heterocycles. The van der Waals surface area contributed by atoms with Crippen molar-refractivity contribution in [2.24, 2.45) is 0 Å². The maximum Gasteiger partial charge on any atom is 0.0447 e. The number of piperazine rings is 1. The monoisotopic (exact) mass is 394 g/mol.